The highest BCUT2D eigenvalue weighted by Crippen LogP contribution is 2.17. The van der Waals surface area contributed by atoms with Gasteiger partial charge in [-0.3, -0.25) is 4.79 Å². The first-order valence-electron chi connectivity index (χ1n) is 25.4. The molecule has 328 valence electrons. The van der Waals surface area contributed by atoms with E-state index in [1.807, 2.05) is 0 Å². The second kappa shape index (κ2) is 47.5. The molecule has 4 heteroatoms. The van der Waals surface area contributed by atoms with Crippen LogP contribution in [-0.4, -0.2) is 34.9 Å². The number of allylic oxidation sites excluding steroid dienone is 2. The van der Waals surface area contributed by atoms with E-state index in [1.165, 1.54) is 238 Å². The third-order valence-electron chi connectivity index (χ3n) is 12.0. The summed E-state index contributed by atoms with van der Waals surface area (Å²) in [6, 6.07) is -0.533. The van der Waals surface area contributed by atoms with Crippen LogP contribution in [0.1, 0.15) is 290 Å². The number of amides is 1. The highest BCUT2D eigenvalue weighted by atomic mass is 16.3. The van der Waals surface area contributed by atoms with Gasteiger partial charge in [0.05, 0.1) is 18.8 Å². The van der Waals surface area contributed by atoms with Gasteiger partial charge >= 0.3 is 0 Å². The fourth-order valence-electron chi connectivity index (χ4n) is 8.12. The lowest BCUT2D eigenvalue weighted by molar-refractivity contribution is -0.123. The zero-order chi connectivity index (χ0) is 40.0. The van der Waals surface area contributed by atoms with Crippen molar-refractivity contribution >= 4 is 5.91 Å². The van der Waals surface area contributed by atoms with Crippen LogP contribution in [0.15, 0.2) is 12.2 Å². The fraction of sp³-hybridized carbons (Fsp3) is 0.941. The van der Waals surface area contributed by atoms with E-state index in [1.54, 1.807) is 0 Å². The van der Waals surface area contributed by atoms with Crippen LogP contribution in [0.2, 0.25) is 0 Å². The maximum absolute atomic E-state index is 12.5. The summed E-state index contributed by atoms with van der Waals surface area (Å²) in [5, 5.41) is 23.3. The minimum atomic E-state index is -0.657. The summed E-state index contributed by atoms with van der Waals surface area (Å²) in [6.45, 7) is 4.39. The van der Waals surface area contributed by atoms with Gasteiger partial charge in [-0.2, -0.15) is 0 Å². The average molecular weight is 776 g/mol. The van der Waals surface area contributed by atoms with Crippen LogP contribution in [0.4, 0.5) is 0 Å². The van der Waals surface area contributed by atoms with Crippen LogP contribution in [0, 0.1) is 0 Å². The Bertz CT molecular complexity index is 754. The number of aliphatic hydroxyl groups is 2. The third kappa shape index (κ3) is 44.1. The third-order valence-corrected chi connectivity index (χ3v) is 12.0. The van der Waals surface area contributed by atoms with E-state index in [2.05, 4.69) is 31.3 Å². The average Bonchev–Trinajstić information content (AvgIpc) is 3.19. The second-order valence-electron chi connectivity index (χ2n) is 17.6. The maximum atomic E-state index is 12.5. The molecule has 0 aliphatic heterocycles. The lowest BCUT2D eigenvalue weighted by atomic mass is 10.0. The normalized spacial score (nSPS) is 12.9. The van der Waals surface area contributed by atoms with Crippen molar-refractivity contribution in [1.82, 2.24) is 5.32 Å². The van der Waals surface area contributed by atoms with Crippen LogP contribution < -0.4 is 5.32 Å². The van der Waals surface area contributed by atoms with Gasteiger partial charge in [-0.1, -0.05) is 257 Å². The summed E-state index contributed by atoms with van der Waals surface area (Å²) in [4.78, 5) is 12.5. The van der Waals surface area contributed by atoms with Crippen LogP contribution in [0.3, 0.4) is 0 Å². The summed E-state index contributed by atoms with van der Waals surface area (Å²) in [5.74, 6) is -0.0272. The standard InChI is InChI=1S/C51H101NO3/c1-3-5-7-9-11-13-15-17-19-21-23-25-26-27-29-31-33-35-37-39-41-43-45-47-51(55)52-49(48-53)50(54)46-44-42-40-38-36-34-32-30-28-24-22-20-18-16-14-12-10-8-6-4-2/h21,23,49-50,53-54H,3-20,22,24-48H2,1-2H3,(H,52,55)/b23-21-. The molecule has 0 heterocycles. The van der Waals surface area contributed by atoms with E-state index >= 15 is 0 Å². The van der Waals surface area contributed by atoms with Crippen LogP contribution in [-0.2, 0) is 4.79 Å². The van der Waals surface area contributed by atoms with Gasteiger partial charge < -0.3 is 15.5 Å². The van der Waals surface area contributed by atoms with Crippen molar-refractivity contribution in [3.63, 3.8) is 0 Å². The number of carbonyl (C=O) groups excluding carboxylic acids is 1. The Balaban J connectivity index is 3.45. The summed E-state index contributed by atoms with van der Waals surface area (Å²) >= 11 is 0. The molecule has 0 saturated carbocycles. The molecule has 55 heavy (non-hydrogen) atoms. The Hall–Kier alpha value is -0.870. The van der Waals surface area contributed by atoms with Gasteiger partial charge in [0.1, 0.15) is 0 Å². The first-order chi connectivity index (χ1) is 27.2. The van der Waals surface area contributed by atoms with Gasteiger partial charge in [0.2, 0.25) is 5.91 Å². The molecular weight excluding hydrogens is 675 g/mol. The lowest BCUT2D eigenvalue weighted by Gasteiger charge is -2.22. The molecule has 4 nitrogen and oxygen atoms in total. The Morgan fingerprint density at radius 2 is 0.691 bits per heavy atom. The molecule has 0 fully saturated rings. The van der Waals surface area contributed by atoms with Crippen molar-refractivity contribution < 1.29 is 15.0 Å². The van der Waals surface area contributed by atoms with Gasteiger partial charge in [0, 0.05) is 6.42 Å². The number of rotatable bonds is 47. The molecule has 0 aromatic rings. The number of hydrogen-bond donors (Lipinski definition) is 3. The number of hydrogen-bond acceptors (Lipinski definition) is 3. The van der Waals surface area contributed by atoms with E-state index in [-0.39, 0.29) is 12.5 Å². The Morgan fingerprint density at radius 3 is 1.00 bits per heavy atom. The maximum Gasteiger partial charge on any atom is 0.220 e. The molecule has 0 rings (SSSR count). The molecule has 0 bridgehead atoms. The van der Waals surface area contributed by atoms with Crippen LogP contribution >= 0.6 is 0 Å². The molecule has 2 unspecified atom stereocenters. The van der Waals surface area contributed by atoms with E-state index in [0.29, 0.717) is 12.8 Å². The minimum absolute atomic E-state index is 0.0272. The zero-order valence-corrected chi connectivity index (χ0v) is 37.7. The SMILES string of the molecule is CCCCCCCCCC/C=C\CCCCCCCCCCCCCC(=O)NC(CO)C(O)CCCCCCCCCCCCCCCCCCCCCC. The number of carbonyl (C=O) groups is 1. The monoisotopic (exact) mass is 776 g/mol. The van der Waals surface area contributed by atoms with Crippen molar-refractivity contribution in [2.24, 2.45) is 0 Å². The summed E-state index contributed by atoms with van der Waals surface area (Å²) < 4.78 is 0. The van der Waals surface area contributed by atoms with E-state index < -0.39 is 12.1 Å². The quantitative estimate of drug-likeness (QED) is 0.0426. The van der Waals surface area contributed by atoms with Gasteiger partial charge in [-0.15, -0.1) is 0 Å². The highest BCUT2D eigenvalue weighted by molar-refractivity contribution is 5.76. The van der Waals surface area contributed by atoms with E-state index in [4.69, 9.17) is 0 Å². The van der Waals surface area contributed by atoms with Gasteiger partial charge in [-0.05, 0) is 38.5 Å². The lowest BCUT2D eigenvalue weighted by Crippen LogP contribution is -2.45. The molecule has 1 amide bonds. The molecule has 0 aliphatic carbocycles. The molecule has 0 aliphatic rings. The molecule has 0 spiro atoms. The Labute approximate surface area is 346 Å². The number of aliphatic hydroxyl groups excluding tert-OH is 2. The van der Waals surface area contributed by atoms with Crippen molar-refractivity contribution in [2.75, 3.05) is 6.61 Å². The topological polar surface area (TPSA) is 69.6 Å². The molecular formula is C51H101NO3. The Kier molecular flexibility index (Phi) is 46.8. The highest BCUT2D eigenvalue weighted by Gasteiger charge is 2.20. The van der Waals surface area contributed by atoms with Gasteiger partial charge in [-0.25, -0.2) is 0 Å². The largest absolute Gasteiger partial charge is 0.394 e. The predicted molar refractivity (Wildman–Crippen MR) is 244 cm³/mol. The summed E-state index contributed by atoms with van der Waals surface area (Å²) in [7, 11) is 0. The van der Waals surface area contributed by atoms with E-state index in [0.717, 1.165) is 25.7 Å². The van der Waals surface area contributed by atoms with Crippen molar-refractivity contribution in [1.29, 1.82) is 0 Å². The number of nitrogens with one attached hydrogen (secondary N) is 1. The fourth-order valence-corrected chi connectivity index (χ4v) is 8.12. The Morgan fingerprint density at radius 1 is 0.418 bits per heavy atom. The van der Waals surface area contributed by atoms with Crippen molar-refractivity contribution in [2.45, 2.75) is 302 Å². The minimum Gasteiger partial charge on any atom is -0.394 e. The molecule has 2 atom stereocenters. The first-order valence-corrected chi connectivity index (χ1v) is 25.4. The molecule has 0 aromatic heterocycles. The van der Waals surface area contributed by atoms with Crippen LogP contribution in [0.25, 0.3) is 0 Å². The van der Waals surface area contributed by atoms with Gasteiger partial charge in [0.15, 0.2) is 0 Å². The van der Waals surface area contributed by atoms with Gasteiger partial charge in [0.25, 0.3) is 0 Å². The zero-order valence-electron chi connectivity index (χ0n) is 37.7. The van der Waals surface area contributed by atoms with Crippen molar-refractivity contribution in [3.05, 3.63) is 12.2 Å². The summed E-state index contributed by atoms with van der Waals surface area (Å²) in [5.41, 5.74) is 0. The van der Waals surface area contributed by atoms with Crippen LogP contribution in [0.5, 0.6) is 0 Å². The molecule has 0 radical (unpaired) electrons. The first kappa shape index (κ1) is 54.1. The van der Waals surface area contributed by atoms with Crippen molar-refractivity contribution in [3.8, 4) is 0 Å². The molecule has 0 saturated heterocycles. The van der Waals surface area contributed by atoms with E-state index in [9.17, 15) is 15.0 Å². The summed E-state index contributed by atoms with van der Waals surface area (Å²) in [6.07, 6.45) is 60.3. The molecule has 3 N–H and O–H groups in total. The second-order valence-corrected chi connectivity index (χ2v) is 17.6. The number of unbranched alkanes of at least 4 members (excludes halogenated alkanes) is 38. The molecule has 0 aromatic carbocycles. The predicted octanol–water partition coefficient (Wildman–Crippen LogP) is 16.2. The smallest absolute Gasteiger partial charge is 0.220 e.